The first-order valence-corrected chi connectivity index (χ1v) is 10.7. The summed E-state index contributed by atoms with van der Waals surface area (Å²) in [5.41, 5.74) is 7.49. The number of benzene rings is 2. The van der Waals surface area contributed by atoms with E-state index in [4.69, 9.17) is 5.73 Å². The number of nitrogens with two attached hydrogens (primary N) is 1. The van der Waals surface area contributed by atoms with Gasteiger partial charge in [-0.25, -0.2) is 17.4 Å². The van der Waals surface area contributed by atoms with Crippen LogP contribution in [0, 0.1) is 0 Å². The lowest BCUT2D eigenvalue weighted by Crippen LogP contribution is -2.23. The Bertz CT molecular complexity index is 1080. The molecule has 0 spiro atoms. The average molecular weight is 390 g/mol. The molecular formula is C18H19N3O3S2. The van der Waals surface area contributed by atoms with Gasteiger partial charge in [-0.2, -0.15) is 0 Å². The normalized spacial score (nSPS) is 12.0. The van der Waals surface area contributed by atoms with Crippen molar-refractivity contribution >= 4 is 44.6 Å². The van der Waals surface area contributed by atoms with Gasteiger partial charge < -0.3 is 5.73 Å². The van der Waals surface area contributed by atoms with E-state index in [1.807, 2.05) is 18.4 Å². The summed E-state index contributed by atoms with van der Waals surface area (Å²) in [6.45, 7) is 3.14. The molecule has 1 heterocycles. The van der Waals surface area contributed by atoms with Gasteiger partial charge in [0.1, 0.15) is 0 Å². The lowest BCUT2D eigenvalue weighted by Gasteiger charge is -2.11. The third-order valence-electron chi connectivity index (χ3n) is 4.10. The van der Waals surface area contributed by atoms with Crippen molar-refractivity contribution in [2.24, 2.45) is 0 Å². The zero-order valence-electron chi connectivity index (χ0n) is 14.6. The predicted octanol–water partition coefficient (Wildman–Crippen LogP) is 3.16. The number of nitrogen functional groups attached to an aromatic ring is 1. The minimum Gasteiger partial charge on any atom is -0.368 e. The molecule has 0 saturated carbocycles. The minimum atomic E-state index is -3.69. The number of thioether (sulfide) groups is 1. The second-order valence-electron chi connectivity index (χ2n) is 6.09. The number of anilines is 1. The highest BCUT2D eigenvalue weighted by atomic mass is 32.2. The number of nitrogens with zero attached hydrogens (tertiary/aromatic N) is 2. The summed E-state index contributed by atoms with van der Waals surface area (Å²) < 4.78 is 26.2. The first-order chi connectivity index (χ1) is 12.3. The summed E-state index contributed by atoms with van der Waals surface area (Å²) in [7, 11) is -3.69. The third kappa shape index (κ3) is 3.10. The summed E-state index contributed by atoms with van der Waals surface area (Å²) in [5.74, 6) is -0.296. The third-order valence-corrected chi connectivity index (χ3v) is 6.93. The van der Waals surface area contributed by atoms with Crippen molar-refractivity contribution in [1.29, 1.82) is 0 Å². The Kier molecular flexibility index (Phi) is 4.81. The minimum absolute atomic E-state index is 0.109. The van der Waals surface area contributed by atoms with E-state index in [2.05, 4.69) is 4.98 Å². The smallest absolute Gasteiger partial charge is 0.244 e. The van der Waals surface area contributed by atoms with E-state index in [1.54, 1.807) is 49.9 Å². The molecule has 0 saturated heterocycles. The Morgan fingerprint density at radius 1 is 1.12 bits per heavy atom. The molecular weight excluding hydrogens is 370 g/mol. The van der Waals surface area contributed by atoms with Crippen LogP contribution in [0.5, 0.6) is 0 Å². The lowest BCUT2D eigenvalue weighted by molar-refractivity contribution is 0.103. The molecule has 8 heteroatoms. The maximum absolute atomic E-state index is 12.8. The van der Waals surface area contributed by atoms with Crippen LogP contribution in [-0.4, -0.2) is 34.7 Å². The Hall–Kier alpha value is -2.32. The van der Waals surface area contributed by atoms with E-state index >= 15 is 0 Å². The topological polar surface area (TPSA) is 95.1 Å². The average Bonchev–Trinajstić information content (AvgIpc) is 2.96. The summed E-state index contributed by atoms with van der Waals surface area (Å²) in [4.78, 5) is 17.9. The second kappa shape index (κ2) is 6.77. The number of carbonyl (C=O) groups is 1. The van der Waals surface area contributed by atoms with E-state index < -0.39 is 15.3 Å². The van der Waals surface area contributed by atoms with Gasteiger partial charge in [0.15, 0.2) is 5.78 Å². The van der Waals surface area contributed by atoms with Crippen molar-refractivity contribution in [3.05, 3.63) is 53.6 Å². The number of aromatic nitrogens is 2. The molecule has 3 aromatic rings. The Morgan fingerprint density at radius 3 is 2.31 bits per heavy atom. The highest BCUT2D eigenvalue weighted by Crippen LogP contribution is 2.25. The quantitative estimate of drug-likeness (QED) is 0.532. The molecule has 0 amide bonds. The molecule has 0 bridgehead atoms. The number of fused-ring (bicyclic) bond motifs is 1. The maximum Gasteiger partial charge on any atom is 0.244 e. The fourth-order valence-corrected chi connectivity index (χ4v) is 4.15. The summed E-state index contributed by atoms with van der Waals surface area (Å²) in [6, 6.07) is 12.0. The Labute approximate surface area is 156 Å². The zero-order valence-corrected chi connectivity index (χ0v) is 16.3. The molecule has 0 aliphatic carbocycles. The number of hydrogen-bond acceptors (Lipinski definition) is 6. The van der Waals surface area contributed by atoms with Gasteiger partial charge in [0.2, 0.25) is 16.0 Å². The Balaban J connectivity index is 2.12. The van der Waals surface area contributed by atoms with Crippen LogP contribution in [0.15, 0.2) is 47.4 Å². The maximum atomic E-state index is 12.8. The van der Waals surface area contributed by atoms with Crippen LogP contribution in [0.2, 0.25) is 0 Å². The highest BCUT2D eigenvalue weighted by molar-refractivity contribution is 7.98. The number of imidazole rings is 1. The van der Waals surface area contributed by atoms with Crippen molar-refractivity contribution in [1.82, 2.24) is 8.96 Å². The van der Waals surface area contributed by atoms with Crippen molar-refractivity contribution in [2.45, 2.75) is 24.0 Å². The van der Waals surface area contributed by atoms with E-state index in [-0.39, 0.29) is 11.7 Å². The molecule has 0 fully saturated rings. The van der Waals surface area contributed by atoms with E-state index in [0.717, 1.165) is 8.87 Å². The zero-order chi connectivity index (χ0) is 19.1. The van der Waals surface area contributed by atoms with Gasteiger partial charge in [0.05, 0.1) is 16.3 Å². The van der Waals surface area contributed by atoms with E-state index in [0.29, 0.717) is 22.2 Å². The molecule has 6 nitrogen and oxygen atoms in total. The van der Waals surface area contributed by atoms with Gasteiger partial charge in [0, 0.05) is 16.0 Å². The molecule has 3 rings (SSSR count). The number of carbonyl (C=O) groups excluding carboxylic acids is 1. The number of rotatable bonds is 5. The van der Waals surface area contributed by atoms with Crippen molar-refractivity contribution < 1.29 is 13.2 Å². The predicted molar refractivity (Wildman–Crippen MR) is 105 cm³/mol. The van der Waals surface area contributed by atoms with Crippen molar-refractivity contribution in [3.63, 3.8) is 0 Å². The first-order valence-electron chi connectivity index (χ1n) is 7.97. The van der Waals surface area contributed by atoms with Gasteiger partial charge in [-0.15, -0.1) is 11.8 Å². The SMILES string of the molecule is CSc1ccc(C(=O)c2ccc3nc(N)n(S(=O)(=O)C(C)C)c3c2)cc1. The van der Waals surface area contributed by atoms with Crippen LogP contribution >= 0.6 is 11.8 Å². The first kappa shape index (κ1) is 18.5. The summed E-state index contributed by atoms with van der Waals surface area (Å²) in [6.07, 6.45) is 1.96. The van der Waals surface area contributed by atoms with Crippen LogP contribution in [0.25, 0.3) is 11.0 Å². The van der Waals surface area contributed by atoms with Gasteiger partial charge in [0.25, 0.3) is 0 Å². The largest absolute Gasteiger partial charge is 0.368 e. The van der Waals surface area contributed by atoms with Crippen LogP contribution in [-0.2, 0) is 10.0 Å². The number of ketones is 1. The number of hydrogen-bond donors (Lipinski definition) is 1. The fourth-order valence-electron chi connectivity index (χ4n) is 2.60. The van der Waals surface area contributed by atoms with Gasteiger partial charge in [-0.1, -0.05) is 0 Å². The highest BCUT2D eigenvalue weighted by Gasteiger charge is 2.25. The molecule has 26 heavy (non-hydrogen) atoms. The summed E-state index contributed by atoms with van der Waals surface area (Å²) in [5, 5.41) is -0.666. The second-order valence-corrected chi connectivity index (χ2v) is 9.31. The van der Waals surface area contributed by atoms with E-state index in [1.165, 1.54) is 6.07 Å². The fraction of sp³-hybridized carbons (Fsp3) is 0.222. The van der Waals surface area contributed by atoms with Gasteiger partial charge in [-0.05, 0) is 62.6 Å². The van der Waals surface area contributed by atoms with Crippen LogP contribution < -0.4 is 5.73 Å². The molecule has 0 atom stereocenters. The molecule has 0 aliphatic rings. The van der Waals surface area contributed by atoms with Gasteiger partial charge >= 0.3 is 0 Å². The van der Waals surface area contributed by atoms with Crippen LogP contribution in [0.3, 0.4) is 0 Å². The lowest BCUT2D eigenvalue weighted by atomic mass is 10.0. The monoisotopic (exact) mass is 389 g/mol. The van der Waals surface area contributed by atoms with Crippen LogP contribution in [0.1, 0.15) is 29.8 Å². The van der Waals surface area contributed by atoms with Crippen molar-refractivity contribution in [2.75, 3.05) is 12.0 Å². The summed E-state index contributed by atoms with van der Waals surface area (Å²) >= 11 is 1.59. The standard InChI is InChI=1S/C18H19N3O3S2/c1-11(2)26(23,24)21-16-10-13(6-9-15(16)20-18(21)19)17(22)12-4-7-14(25-3)8-5-12/h4-11H,1-3H3,(H2,19,20). The van der Waals surface area contributed by atoms with Gasteiger partial charge in [-0.3, -0.25) is 4.79 Å². The van der Waals surface area contributed by atoms with Crippen molar-refractivity contribution in [3.8, 4) is 0 Å². The van der Waals surface area contributed by atoms with E-state index in [9.17, 15) is 13.2 Å². The molecule has 2 aromatic carbocycles. The molecule has 2 N–H and O–H groups in total. The van der Waals surface area contributed by atoms with Crippen LogP contribution in [0.4, 0.5) is 5.95 Å². The molecule has 1 aromatic heterocycles. The Morgan fingerprint density at radius 2 is 1.73 bits per heavy atom. The molecule has 0 unspecified atom stereocenters. The molecule has 0 radical (unpaired) electrons. The molecule has 0 aliphatic heterocycles. The molecule has 136 valence electrons.